The fourth-order valence-corrected chi connectivity index (χ4v) is 4.87. The van der Waals surface area contributed by atoms with E-state index >= 15 is 0 Å². The highest BCUT2D eigenvalue weighted by atomic mass is 19.1. The molecule has 2 amide bonds. The monoisotopic (exact) mass is 440 g/mol. The fourth-order valence-electron chi connectivity index (χ4n) is 4.87. The molecule has 0 saturated carbocycles. The van der Waals surface area contributed by atoms with Gasteiger partial charge >= 0.3 is 0 Å². The molecule has 1 aromatic rings. The van der Waals surface area contributed by atoms with Gasteiger partial charge in [0, 0.05) is 32.6 Å². The number of nitrogens with one attached hydrogen (secondary N) is 4. The van der Waals surface area contributed by atoms with Crippen molar-refractivity contribution in [3.63, 3.8) is 0 Å². The van der Waals surface area contributed by atoms with Gasteiger partial charge in [-0.1, -0.05) is 0 Å². The first kappa shape index (κ1) is 21.8. The second kappa shape index (κ2) is 8.95. The number of amides is 2. The number of hydrogen-bond acceptors (Lipinski definition) is 7. The van der Waals surface area contributed by atoms with Crippen LogP contribution in [0.25, 0.3) is 0 Å². The molecule has 4 heterocycles. The highest BCUT2D eigenvalue weighted by Gasteiger charge is 2.41. The second-order valence-electron chi connectivity index (χ2n) is 8.44. The molecule has 10 nitrogen and oxygen atoms in total. The number of fused-ring (bicyclic) bond motifs is 1. The first-order valence-electron chi connectivity index (χ1n) is 10.7. The van der Waals surface area contributed by atoms with Gasteiger partial charge in [0.1, 0.15) is 23.7 Å². The summed E-state index contributed by atoms with van der Waals surface area (Å²) in [6.45, 7) is 1.89. The summed E-state index contributed by atoms with van der Waals surface area (Å²) in [4.78, 5) is 27.0. The minimum atomic E-state index is -1.17. The lowest BCUT2D eigenvalue weighted by Crippen LogP contribution is -2.65. The number of nitrogens with zero attached hydrogens (tertiary/aromatic N) is 3. The SMILES string of the molecule is CNC(=O)C1CCN(C2C(F)CNCC2NC(=O)c2c(N)nn3c2NCC(F)C3)CC1. The molecular formula is C19H30F2N8O2. The molecule has 4 atom stereocenters. The van der Waals surface area contributed by atoms with E-state index in [1.165, 1.54) is 4.68 Å². The van der Waals surface area contributed by atoms with Crippen LogP contribution in [-0.2, 0) is 11.3 Å². The van der Waals surface area contributed by atoms with Crippen LogP contribution in [0.2, 0.25) is 0 Å². The van der Waals surface area contributed by atoms with Crippen LogP contribution >= 0.6 is 0 Å². The van der Waals surface area contributed by atoms with E-state index in [-0.39, 0.29) is 42.8 Å². The van der Waals surface area contributed by atoms with Crippen molar-refractivity contribution >= 4 is 23.5 Å². The number of alkyl halides is 2. The van der Waals surface area contributed by atoms with Gasteiger partial charge in [0.2, 0.25) is 5.91 Å². The summed E-state index contributed by atoms with van der Waals surface area (Å²) >= 11 is 0. The van der Waals surface area contributed by atoms with Crippen LogP contribution in [0.15, 0.2) is 0 Å². The number of nitrogens with two attached hydrogens (primary N) is 1. The summed E-state index contributed by atoms with van der Waals surface area (Å²) < 4.78 is 30.0. The third-order valence-electron chi connectivity index (χ3n) is 6.44. The van der Waals surface area contributed by atoms with E-state index < -0.39 is 30.3 Å². The molecule has 0 radical (unpaired) electrons. The van der Waals surface area contributed by atoms with Crippen molar-refractivity contribution in [3.05, 3.63) is 5.56 Å². The minimum Gasteiger partial charge on any atom is -0.381 e. The Balaban J connectivity index is 1.47. The van der Waals surface area contributed by atoms with Crippen molar-refractivity contribution in [3.8, 4) is 0 Å². The summed E-state index contributed by atoms with van der Waals surface area (Å²) in [5, 5.41) is 15.6. The number of carbonyl (C=O) groups is 2. The lowest BCUT2D eigenvalue weighted by atomic mass is 9.90. The average molecular weight is 440 g/mol. The van der Waals surface area contributed by atoms with E-state index in [9.17, 15) is 18.4 Å². The number of halogens is 2. The molecular weight excluding hydrogens is 410 g/mol. The van der Waals surface area contributed by atoms with Crippen LogP contribution in [0.4, 0.5) is 20.4 Å². The van der Waals surface area contributed by atoms with Gasteiger partial charge in [-0.25, -0.2) is 13.5 Å². The number of hydrogen-bond donors (Lipinski definition) is 5. The summed E-state index contributed by atoms with van der Waals surface area (Å²) in [5.74, 6) is -0.131. The maximum atomic E-state index is 15.0. The van der Waals surface area contributed by atoms with Crippen LogP contribution in [0.1, 0.15) is 23.2 Å². The van der Waals surface area contributed by atoms with E-state index in [1.54, 1.807) is 7.05 Å². The molecule has 0 spiro atoms. The highest BCUT2D eigenvalue weighted by Crippen LogP contribution is 2.28. The van der Waals surface area contributed by atoms with Crippen molar-refractivity contribution in [2.24, 2.45) is 5.92 Å². The zero-order chi connectivity index (χ0) is 22.1. The third kappa shape index (κ3) is 4.31. The van der Waals surface area contributed by atoms with E-state index in [1.807, 2.05) is 4.90 Å². The summed E-state index contributed by atoms with van der Waals surface area (Å²) in [6, 6.07) is -0.994. The van der Waals surface area contributed by atoms with Crippen LogP contribution in [0.5, 0.6) is 0 Å². The van der Waals surface area contributed by atoms with Gasteiger partial charge in [-0.2, -0.15) is 5.10 Å². The molecule has 4 rings (SSSR count). The zero-order valence-electron chi connectivity index (χ0n) is 17.5. The quantitative estimate of drug-likeness (QED) is 0.410. The highest BCUT2D eigenvalue weighted by molar-refractivity contribution is 6.03. The van der Waals surface area contributed by atoms with Crippen LogP contribution in [-0.4, -0.2) is 90.7 Å². The van der Waals surface area contributed by atoms with Crippen molar-refractivity contribution in [1.29, 1.82) is 0 Å². The van der Waals surface area contributed by atoms with Crippen molar-refractivity contribution in [2.75, 3.05) is 50.8 Å². The van der Waals surface area contributed by atoms with Gasteiger partial charge in [-0.05, 0) is 25.9 Å². The average Bonchev–Trinajstić information content (AvgIpc) is 3.08. The number of anilines is 2. The molecule has 0 bridgehead atoms. The molecule has 1 aromatic heterocycles. The number of carbonyl (C=O) groups excluding carboxylic acids is 2. The van der Waals surface area contributed by atoms with Gasteiger partial charge in [-0.15, -0.1) is 0 Å². The van der Waals surface area contributed by atoms with Crippen LogP contribution in [0.3, 0.4) is 0 Å². The van der Waals surface area contributed by atoms with E-state index in [0.29, 0.717) is 38.3 Å². The Labute approximate surface area is 179 Å². The first-order valence-corrected chi connectivity index (χ1v) is 10.7. The minimum absolute atomic E-state index is 0.0103. The Bertz CT molecular complexity index is 826. The van der Waals surface area contributed by atoms with Crippen molar-refractivity contribution < 1.29 is 18.4 Å². The predicted molar refractivity (Wildman–Crippen MR) is 111 cm³/mol. The van der Waals surface area contributed by atoms with Gasteiger partial charge in [0.15, 0.2) is 5.82 Å². The van der Waals surface area contributed by atoms with E-state index in [2.05, 4.69) is 26.4 Å². The number of aromatic nitrogens is 2. The molecule has 3 aliphatic rings. The van der Waals surface area contributed by atoms with Gasteiger partial charge in [-0.3, -0.25) is 14.5 Å². The summed E-state index contributed by atoms with van der Waals surface area (Å²) in [7, 11) is 1.62. The Morgan fingerprint density at radius 2 is 1.94 bits per heavy atom. The van der Waals surface area contributed by atoms with Gasteiger partial charge < -0.3 is 27.0 Å². The molecule has 2 saturated heterocycles. The summed E-state index contributed by atoms with van der Waals surface area (Å²) in [6.07, 6.45) is -0.983. The Kier molecular flexibility index (Phi) is 6.28. The number of rotatable bonds is 4. The first-order chi connectivity index (χ1) is 14.9. The van der Waals surface area contributed by atoms with Gasteiger partial charge in [0.25, 0.3) is 5.91 Å². The molecule has 0 aromatic carbocycles. The lowest BCUT2D eigenvalue weighted by Gasteiger charge is -2.44. The maximum absolute atomic E-state index is 15.0. The second-order valence-corrected chi connectivity index (χ2v) is 8.44. The Morgan fingerprint density at radius 3 is 2.65 bits per heavy atom. The standard InChI is InChI=1S/C19H30F2N8O2/c1-23-18(30)10-2-4-28(5-3-10)15-12(21)7-24-8-13(15)26-19(31)14-16(22)27-29-9-11(20)6-25-17(14)29/h10-13,15,24-25H,2-9H2,1H3,(H2,22,27)(H,23,30)(H,26,31). The molecule has 3 aliphatic heterocycles. The Hall–Kier alpha value is -2.47. The molecule has 0 aliphatic carbocycles. The molecule has 4 unspecified atom stereocenters. The molecule has 6 N–H and O–H groups in total. The number of piperidine rings is 2. The van der Waals surface area contributed by atoms with Crippen molar-refractivity contribution in [2.45, 2.75) is 43.8 Å². The van der Waals surface area contributed by atoms with E-state index in [4.69, 9.17) is 5.73 Å². The number of likely N-dealkylation sites (tertiary alicyclic amines) is 1. The lowest BCUT2D eigenvalue weighted by molar-refractivity contribution is -0.126. The fraction of sp³-hybridized carbons (Fsp3) is 0.737. The molecule has 31 heavy (non-hydrogen) atoms. The largest absolute Gasteiger partial charge is 0.381 e. The zero-order valence-corrected chi connectivity index (χ0v) is 17.5. The Morgan fingerprint density at radius 1 is 1.19 bits per heavy atom. The predicted octanol–water partition coefficient (Wildman–Crippen LogP) is -0.905. The summed E-state index contributed by atoms with van der Waals surface area (Å²) in [5.41, 5.74) is 6.10. The maximum Gasteiger partial charge on any atom is 0.259 e. The van der Waals surface area contributed by atoms with Gasteiger partial charge in [0.05, 0.1) is 18.6 Å². The van der Waals surface area contributed by atoms with E-state index in [0.717, 1.165) is 0 Å². The topological polar surface area (TPSA) is 129 Å². The third-order valence-corrected chi connectivity index (χ3v) is 6.44. The molecule has 12 heteroatoms. The van der Waals surface area contributed by atoms with Crippen LogP contribution < -0.4 is 27.0 Å². The smallest absolute Gasteiger partial charge is 0.259 e. The molecule has 2 fully saturated rings. The van der Waals surface area contributed by atoms with Crippen molar-refractivity contribution in [1.82, 2.24) is 30.6 Å². The number of nitrogen functional groups attached to an aromatic ring is 1. The molecule has 172 valence electrons. The van der Waals surface area contributed by atoms with Crippen LogP contribution in [0, 0.1) is 5.92 Å². The normalized spacial score (nSPS) is 29.6.